The van der Waals surface area contributed by atoms with Crippen molar-refractivity contribution in [1.29, 1.82) is 0 Å². The van der Waals surface area contributed by atoms with Crippen molar-refractivity contribution < 1.29 is 4.39 Å². The maximum Gasteiger partial charge on any atom is 0.123 e. The molecule has 0 aliphatic heterocycles. The fourth-order valence-corrected chi connectivity index (χ4v) is 2.39. The van der Waals surface area contributed by atoms with Crippen molar-refractivity contribution in [3.8, 4) is 0 Å². The second kappa shape index (κ2) is 6.18. The fraction of sp³-hybridized carbons (Fsp3) is 0.250. The van der Waals surface area contributed by atoms with E-state index in [2.05, 4.69) is 18.3 Å². The van der Waals surface area contributed by atoms with Crippen LogP contribution in [0.5, 0.6) is 0 Å². The minimum absolute atomic E-state index is 0.0318. The molecule has 1 unspecified atom stereocenters. The second-order valence-electron chi connectivity index (χ2n) is 4.50. The summed E-state index contributed by atoms with van der Waals surface area (Å²) in [5.74, 6) is -0.221. The van der Waals surface area contributed by atoms with Crippen LogP contribution in [-0.2, 0) is 0 Å². The van der Waals surface area contributed by atoms with Crippen molar-refractivity contribution in [2.75, 3.05) is 6.54 Å². The molecule has 2 rings (SSSR count). The van der Waals surface area contributed by atoms with Gasteiger partial charge in [-0.1, -0.05) is 42.8 Å². The molecule has 2 aromatic rings. The Bertz CT molecular complexity index is 551. The van der Waals surface area contributed by atoms with Crippen molar-refractivity contribution in [3.05, 3.63) is 70.0 Å². The van der Waals surface area contributed by atoms with Gasteiger partial charge >= 0.3 is 0 Å². The Morgan fingerprint density at radius 3 is 2.47 bits per heavy atom. The van der Waals surface area contributed by atoms with Gasteiger partial charge in [0.05, 0.1) is 6.04 Å². The Kier molecular flexibility index (Phi) is 4.56. The van der Waals surface area contributed by atoms with Gasteiger partial charge in [-0.15, -0.1) is 0 Å². The van der Waals surface area contributed by atoms with Crippen LogP contribution in [0.3, 0.4) is 0 Å². The van der Waals surface area contributed by atoms with E-state index < -0.39 is 0 Å². The van der Waals surface area contributed by atoms with Crippen LogP contribution in [0, 0.1) is 12.7 Å². The molecule has 19 heavy (non-hydrogen) atoms. The topological polar surface area (TPSA) is 12.0 Å². The summed E-state index contributed by atoms with van der Waals surface area (Å²) < 4.78 is 13.0. The van der Waals surface area contributed by atoms with Gasteiger partial charge in [0.15, 0.2) is 0 Å². The molecule has 2 aromatic carbocycles. The molecule has 1 N–H and O–H groups in total. The summed E-state index contributed by atoms with van der Waals surface area (Å²) in [5.41, 5.74) is 3.22. The third kappa shape index (κ3) is 3.14. The summed E-state index contributed by atoms with van der Waals surface area (Å²) in [7, 11) is 0. The largest absolute Gasteiger partial charge is 0.307 e. The number of benzene rings is 2. The highest BCUT2D eigenvalue weighted by Crippen LogP contribution is 2.28. The lowest BCUT2D eigenvalue weighted by molar-refractivity contribution is 0.612. The van der Waals surface area contributed by atoms with Gasteiger partial charge in [0, 0.05) is 5.02 Å². The summed E-state index contributed by atoms with van der Waals surface area (Å²) in [5, 5.41) is 4.17. The van der Waals surface area contributed by atoms with Gasteiger partial charge in [0.2, 0.25) is 0 Å². The van der Waals surface area contributed by atoms with Gasteiger partial charge in [-0.2, -0.15) is 0 Å². The van der Waals surface area contributed by atoms with Crippen molar-refractivity contribution >= 4 is 11.6 Å². The maximum atomic E-state index is 13.0. The standard InChI is InChI=1S/C16H17ClFN/c1-3-19-16(12-7-9-13(18)10-8-12)14-5-4-6-15(17)11(14)2/h4-10,16,19H,3H2,1-2H3. The molecule has 0 spiro atoms. The highest BCUT2D eigenvalue weighted by Gasteiger charge is 2.16. The summed E-state index contributed by atoms with van der Waals surface area (Å²) in [6.07, 6.45) is 0. The zero-order chi connectivity index (χ0) is 13.8. The number of rotatable bonds is 4. The molecule has 0 aliphatic carbocycles. The molecule has 0 saturated carbocycles. The maximum absolute atomic E-state index is 13.0. The van der Waals surface area contributed by atoms with Crippen LogP contribution < -0.4 is 5.32 Å². The summed E-state index contributed by atoms with van der Waals surface area (Å²) in [6.45, 7) is 4.88. The summed E-state index contributed by atoms with van der Waals surface area (Å²) >= 11 is 6.18. The van der Waals surface area contributed by atoms with Crippen molar-refractivity contribution in [2.45, 2.75) is 19.9 Å². The van der Waals surface area contributed by atoms with Crippen LogP contribution in [0.2, 0.25) is 5.02 Å². The smallest absolute Gasteiger partial charge is 0.123 e. The molecule has 0 aliphatic rings. The molecular weight excluding hydrogens is 261 g/mol. The van der Waals surface area contributed by atoms with E-state index in [9.17, 15) is 4.39 Å². The molecule has 3 heteroatoms. The monoisotopic (exact) mass is 277 g/mol. The van der Waals surface area contributed by atoms with E-state index in [-0.39, 0.29) is 11.9 Å². The average molecular weight is 278 g/mol. The summed E-state index contributed by atoms with van der Waals surface area (Å²) in [6, 6.07) is 12.5. The van der Waals surface area contributed by atoms with Gasteiger partial charge in [-0.25, -0.2) is 4.39 Å². The molecule has 1 nitrogen and oxygen atoms in total. The predicted octanol–water partition coefficient (Wildman–Crippen LogP) is 4.49. The molecular formula is C16H17ClFN. The molecule has 0 radical (unpaired) electrons. The normalized spacial score (nSPS) is 12.4. The van der Waals surface area contributed by atoms with Crippen molar-refractivity contribution in [3.63, 3.8) is 0 Å². The quantitative estimate of drug-likeness (QED) is 0.868. The first-order valence-electron chi connectivity index (χ1n) is 6.37. The van der Waals surface area contributed by atoms with E-state index in [4.69, 9.17) is 11.6 Å². The lowest BCUT2D eigenvalue weighted by atomic mass is 9.95. The van der Waals surface area contributed by atoms with E-state index in [0.29, 0.717) is 0 Å². The third-order valence-electron chi connectivity index (χ3n) is 3.23. The Balaban J connectivity index is 2.45. The van der Waals surface area contributed by atoms with E-state index in [1.807, 2.05) is 31.2 Å². The number of hydrogen-bond acceptors (Lipinski definition) is 1. The predicted molar refractivity (Wildman–Crippen MR) is 78.1 cm³/mol. The molecule has 0 amide bonds. The Labute approximate surface area is 118 Å². The number of hydrogen-bond donors (Lipinski definition) is 1. The molecule has 0 aromatic heterocycles. The zero-order valence-electron chi connectivity index (χ0n) is 11.1. The average Bonchev–Trinajstić information content (AvgIpc) is 2.41. The van der Waals surface area contributed by atoms with E-state index in [0.717, 1.165) is 28.3 Å². The number of halogens is 2. The zero-order valence-corrected chi connectivity index (χ0v) is 11.8. The molecule has 0 bridgehead atoms. The first-order valence-corrected chi connectivity index (χ1v) is 6.75. The fourth-order valence-electron chi connectivity index (χ4n) is 2.20. The molecule has 1 atom stereocenters. The van der Waals surface area contributed by atoms with Gasteiger partial charge in [0.25, 0.3) is 0 Å². The third-order valence-corrected chi connectivity index (χ3v) is 3.64. The molecule has 100 valence electrons. The lowest BCUT2D eigenvalue weighted by Gasteiger charge is -2.21. The Morgan fingerprint density at radius 1 is 1.16 bits per heavy atom. The Hall–Kier alpha value is -1.38. The van der Waals surface area contributed by atoms with Gasteiger partial charge in [-0.3, -0.25) is 0 Å². The SMILES string of the molecule is CCNC(c1ccc(F)cc1)c1cccc(Cl)c1C. The van der Waals surface area contributed by atoms with Crippen molar-refractivity contribution in [2.24, 2.45) is 0 Å². The molecule has 0 fully saturated rings. The van der Waals surface area contributed by atoms with Gasteiger partial charge < -0.3 is 5.32 Å². The second-order valence-corrected chi connectivity index (χ2v) is 4.90. The lowest BCUT2D eigenvalue weighted by Crippen LogP contribution is -2.22. The Morgan fingerprint density at radius 2 is 1.84 bits per heavy atom. The molecule has 0 saturated heterocycles. The van der Waals surface area contributed by atoms with Crippen LogP contribution >= 0.6 is 11.6 Å². The highest BCUT2D eigenvalue weighted by atomic mass is 35.5. The van der Waals surface area contributed by atoms with Gasteiger partial charge in [-0.05, 0) is 48.4 Å². The van der Waals surface area contributed by atoms with E-state index >= 15 is 0 Å². The van der Waals surface area contributed by atoms with Crippen LogP contribution in [0.15, 0.2) is 42.5 Å². The highest BCUT2D eigenvalue weighted by molar-refractivity contribution is 6.31. The van der Waals surface area contributed by atoms with E-state index in [1.165, 1.54) is 12.1 Å². The summed E-state index contributed by atoms with van der Waals surface area (Å²) in [4.78, 5) is 0. The van der Waals surface area contributed by atoms with E-state index in [1.54, 1.807) is 0 Å². The minimum Gasteiger partial charge on any atom is -0.307 e. The van der Waals surface area contributed by atoms with Crippen LogP contribution in [-0.4, -0.2) is 6.54 Å². The minimum atomic E-state index is -0.221. The molecule has 0 heterocycles. The van der Waals surface area contributed by atoms with Crippen LogP contribution in [0.1, 0.15) is 29.7 Å². The van der Waals surface area contributed by atoms with Crippen LogP contribution in [0.4, 0.5) is 4.39 Å². The van der Waals surface area contributed by atoms with Crippen molar-refractivity contribution in [1.82, 2.24) is 5.32 Å². The van der Waals surface area contributed by atoms with Crippen LogP contribution in [0.25, 0.3) is 0 Å². The first-order chi connectivity index (χ1) is 9.13. The van der Waals surface area contributed by atoms with Gasteiger partial charge in [0.1, 0.15) is 5.82 Å². The number of nitrogens with one attached hydrogen (secondary N) is 1. The first kappa shape index (κ1) is 14.0.